The van der Waals surface area contributed by atoms with Crippen LogP contribution in [0.1, 0.15) is 21.5 Å². The molecule has 0 spiro atoms. The van der Waals surface area contributed by atoms with Gasteiger partial charge in [-0.3, -0.25) is 4.79 Å². The maximum atomic E-state index is 13.6. The Bertz CT molecular complexity index is 700. The second-order valence-corrected chi connectivity index (χ2v) is 4.79. The van der Waals surface area contributed by atoms with E-state index in [9.17, 15) is 13.6 Å². The summed E-state index contributed by atoms with van der Waals surface area (Å²) in [5.74, 6) is -2.03. The quantitative estimate of drug-likeness (QED) is 0.856. The molecule has 0 radical (unpaired) electrons. The van der Waals surface area contributed by atoms with E-state index < -0.39 is 11.6 Å². The lowest BCUT2D eigenvalue weighted by Crippen LogP contribution is -2.24. The summed E-state index contributed by atoms with van der Waals surface area (Å²) in [7, 11) is 0. The number of hydrogen-bond acceptors (Lipinski definition) is 2. The first-order valence-corrected chi connectivity index (χ1v) is 6.17. The van der Waals surface area contributed by atoms with Gasteiger partial charge in [-0.25, -0.2) is 8.78 Å². The molecule has 0 aromatic heterocycles. The number of carbonyl (C=O) groups excluding carboxylic acids is 1. The van der Waals surface area contributed by atoms with Crippen molar-refractivity contribution in [3.8, 4) is 0 Å². The molecule has 102 valence electrons. The Morgan fingerprint density at radius 1 is 1.20 bits per heavy atom. The molecule has 1 aliphatic rings. The first-order chi connectivity index (χ1) is 9.56. The molecule has 0 fully saturated rings. The van der Waals surface area contributed by atoms with Gasteiger partial charge >= 0.3 is 0 Å². The van der Waals surface area contributed by atoms with E-state index in [4.69, 9.17) is 5.73 Å². The largest absolute Gasteiger partial charge is 0.399 e. The molecule has 1 amide bonds. The highest BCUT2D eigenvalue weighted by Gasteiger charge is 2.28. The topological polar surface area (TPSA) is 46.3 Å². The Kier molecular flexibility index (Phi) is 2.89. The Morgan fingerprint density at radius 2 is 2.00 bits per heavy atom. The van der Waals surface area contributed by atoms with E-state index in [1.165, 1.54) is 17.0 Å². The maximum absolute atomic E-state index is 13.6. The smallest absolute Gasteiger partial charge is 0.254 e. The number of benzene rings is 2. The zero-order valence-corrected chi connectivity index (χ0v) is 10.6. The third-order valence-corrected chi connectivity index (χ3v) is 3.41. The second-order valence-electron chi connectivity index (χ2n) is 4.79. The molecule has 20 heavy (non-hydrogen) atoms. The molecule has 0 saturated heterocycles. The van der Waals surface area contributed by atoms with Crippen LogP contribution in [0.3, 0.4) is 0 Å². The summed E-state index contributed by atoms with van der Waals surface area (Å²) in [5.41, 5.74) is 7.71. The van der Waals surface area contributed by atoms with Crippen LogP contribution >= 0.6 is 0 Å². The van der Waals surface area contributed by atoms with Crippen molar-refractivity contribution in [3.63, 3.8) is 0 Å². The molecule has 5 heteroatoms. The molecule has 0 saturated carbocycles. The number of amides is 1. The molecule has 0 aliphatic carbocycles. The summed E-state index contributed by atoms with van der Waals surface area (Å²) in [6.07, 6.45) is 0. The molecule has 3 nitrogen and oxygen atoms in total. The zero-order valence-electron chi connectivity index (χ0n) is 10.6. The standard InChI is InChI=1S/C15H12F2N2O/c16-13-3-1-2-10(14(13)17)8-19-7-9-4-5-11(18)6-12(9)15(19)20/h1-6H,7-8,18H2. The Hall–Kier alpha value is -2.43. The minimum atomic E-state index is -0.907. The number of hydrogen-bond donors (Lipinski definition) is 1. The van der Waals surface area contributed by atoms with E-state index in [0.29, 0.717) is 17.8 Å². The van der Waals surface area contributed by atoms with E-state index in [2.05, 4.69) is 0 Å². The average Bonchev–Trinajstić information content (AvgIpc) is 2.72. The third kappa shape index (κ3) is 2.01. The van der Waals surface area contributed by atoms with Gasteiger partial charge < -0.3 is 10.6 Å². The molecule has 0 atom stereocenters. The summed E-state index contributed by atoms with van der Waals surface area (Å²) in [6.45, 7) is 0.418. The molecule has 0 unspecified atom stereocenters. The number of fused-ring (bicyclic) bond motifs is 1. The van der Waals surface area contributed by atoms with Crippen molar-refractivity contribution in [3.05, 3.63) is 64.7 Å². The van der Waals surface area contributed by atoms with Gasteiger partial charge in [0.05, 0.1) is 0 Å². The van der Waals surface area contributed by atoms with Crippen LogP contribution in [0.5, 0.6) is 0 Å². The highest BCUT2D eigenvalue weighted by atomic mass is 19.2. The third-order valence-electron chi connectivity index (χ3n) is 3.41. The Morgan fingerprint density at radius 3 is 2.80 bits per heavy atom. The normalized spacial score (nSPS) is 13.7. The molecular weight excluding hydrogens is 262 g/mol. The number of nitrogens with zero attached hydrogens (tertiary/aromatic N) is 1. The highest BCUT2D eigenvalue weighted by Crippen LogP contribution is 2.26. The Labute approximate surface area is 114 Å². The predicted molar refractivity (Wildman–Crippen MR) is 70.8 cm³/mol. The predicted octanol–water partition coefficient (Wildman–Crippen LogP) is 2.70. The van der Waals surface area contributed by atoms with Crippen LogP contribution in [-0.2, 0) is 13.1 Å². The van der Waals surface area contributed by atoms with E-state index in [-0.39, 0.29) is 18.0 Å². The molecule has 0 bridgehead atoms. The molecule has 3 rings (SSSR count). The first-order valence-electron chi connectivity index (χ1n) is 6.17. The summed E-state index contributed by atoms with van der Waals surface area (Å²) in [4.78, 5) is 13.7. The number of anilines is 1. The van der Waals surface area contributed by atoms with Crippen LogP contribution in [0.2, 0.25) is 0 Å². The fourth-order valence-electron chi connectivity index (χ4n) is 2.38. The number of rotatable bonds is 2. The lowest BCUT2D eigenvalue weighted by atomic mass is 10.1. The lowest BCUT2D eigenvalue weighted by Gasteiger charge is -2.16. The number of nitrogens with two attached hydrogens (primary N) is 1. The van der Waals surface area contributed by atoms with Crippen molar-refractivity contribution in [2.75, 3.05) is 5.73 Å². The number of halogens is 2. The van der Waals surface area contributed by atoms with Crippen molar-refractivity contribution in [1.29, 1.82) is 0 Å². The Balaban J connectivity index is 1.88. The van der Waals surface area contributed by atoms with E-state index in [0.717, 1.165) is 11.6 Å². The van der Waals surface area contributed by atoms with Gasteiger partial charge in [-0.2, -0.15) is 0 Å². The van der Waals surface area contributed by atoms with Crippen molar-refractivity contribution >= 4 is 11.6 Å². The molecule has 2 aromatic rings. The van der Waals surface area contributed by atoms with Crippen LogP contribution in [0.25, 0.3) is 0 Å². The fourth-order valence-corrected chi connectivity index (χ4v) is 2.38. The minimum absolute atomic E-state index is 0.0387. The molecule has 2 N–H and O–H groups in total. The van der Waals surface area contributed by atoms with E-state index >= 15 is 0 Å². The zero-order chi connectivity index (χ0) is 14.3. The van der Waals surface area contributed by atoms with Crippen LogP contribution in [0, 0.1) is 11.6 Å². The van der Waals surface area contributed by atoms with Crippen molar-refractivity contribution in [2.24, 2.45) is 0 Å². The fraction of sp³-hybridized carbons (Fsp3) is 0.133. The molecule has 1 aliphatic heterocycles. The SMILES string of the molecule is Nc1ccc2c(c1)C(=O)N(Cc1cccc(F)c1F)C2. The molecule has 1 heterocycles. The highest BCUT2D eigenvalue weighted by molar-refractivity contribution is 5.99. The van der Waals surface area contributed by atoms with E-state index in [1.54, 1.807) is 18.2 Å². The van der Waals surface area contributed by atoms with Crippen LogP contribution in [0.4, 0.5) is 14.5 Å². The van der Waals surface area contributed by atoms with Gasteiger partial charge in [-0.1, -0.05) is 18.2 Å². The van der Waals surface area contributed by atoms with Gasteiger partial charge in [-0.15, -0.1) is 0 Å². The molecule has 2 aromatic carbocycles. The van der Waals surface area contributed by atoms with Gasteiger partial charge in [0.2, 0.25) is 0 Å². The van der Waals surface area contributed by atoms with Crippen LogP contribution in [-0.4, -0.2) is 10.8 Å². The summed E-state index contributed by atoms with van der Waals surface area (Å²) in [5, 5.41) is 0. The van der Waals surface area contributed by atoms with Crippen molar-refractivity contribution in [2.45, 2.75) is 13.1 Å². The summed E-state index contributed by atoms with van der Waals surface area (Å²) < 4.78 is 26.8. The second kappa shape index (κ2) is 4.59. The lowest BCUT2D eigenvalue weighted by molar-refractivity contribution is 0.0765. The number of nitrogen functional groups attached to an aromatic ring is 1. The maximum Gasteiger partial charge on any atom is 0.254 e. The van der Waals surface area contributed by atoms with Gasteiger partial charge in [-0.05, 0) is 23.8 Å². The first kappa shape index (κ1) is 12.6. The van der Waals surface area contributed by atoms with Crippen LogP contribution < -0.4 is 5.73 Å². The van der Waals surface area contributed by atoms with E-state index in [1.807, 2.05) is 0 Å². The number of carbonyl (C=O) groups is 1. The van der Waals surface area contributed by atoms with Crippen LogP contribution in [0.15, 0.2) is 36.4 Å². The molecular formula is C15H12F2N2O. The van der Waals surface area contributed by atoms with Gasteiger partial charge in [0.25, 0.3) is 5.91 Å². The summed E-state index contributed by atoms with van der Waals surface area (Å²) >= 11 is 0. The van der Waals surface area contributed by atoms with Gasteiger partial charge in [0.1, 0.15) is 0 Å². The van der Waals surface area contributed by atoms with Gasteiger partial charge in [0.15, 0.2) is 11.6 Å². The average molecular weight is 274 g/mol. The monoisotopic (exact) mass is 274 g/mol. The summed E-state index contributed by atoms with van der Waals surface area (Å²) in [6, 6.07) is 9.07. The van der Waals surface area contributed by atoms with Gasteiger partial charge in [0, 0.05) is 29.9 Å². The van der Waals surface area contributed by atoms with Crippen molar-refractivity contribution < 1.29 is 13.6 Å². The minimum Gasteiger partial charge on any atom is -0.399 e. The van der Waals surface area contributed by atoms with Crippen molar-refractivity contribution in [1.82, 2.24) is 4.90 Å².